The van der Waals surface area contributed by atoms with Crippen LogP contribution in [-0.4, -0.2) is 80.1 Å². The van der Waals surface area contributed by atoms with Crippen LogP contribution in [-0.2, 0) is 9.57 Å². The summed E-state index contributed by atoms with van der Waals surface area (Å²) < 4.78 is 34.8. The molecule has 3 N–H and O–H groups in total. The van der Waals surface area contributed by atoms with Crippen LogP contribution in [0.1, 0.15) is 0 Å². The lowest BCUT2D eigenvalue weighted by molar-refractivity contribution is -0.103. The number of amides is 3. The Kier molecular flexibility index (Phi) is 6.43. The molecule has 4 rings (SSSR count). The number of carbonyl (C=O) groups is 2. The van der Waals surface area contributed by atoms with Gasteiger partial charge in [-0.2, -0.15) is 0 Å². The van der Waals surface area contributed by atoms with Crippen molar-refractivity contribution in [2.45, 2.75) is 6.10 Å². The Labute approximate surface area is 181 Å². The van der Waals surface area contributed by atoms with Crippen molar-refractivity contribution in [2.75, 3.05) is 61.4 Å². The van der Waals surface area contributed by atoms with Crippen molar-refractivity contribution in [3.05, 3.63) is 23.8 Å². The zero-order valence-electron chi connectivity index (χ0n) is 16.6. The predicted molar refractivity (Wildman–Crippen MR) is 111 cm³/mol. The summed E-state index contributed by atoms with van der Waals surface area (Å²) in [6.07, 6.45) is -1.22. The molecule has 1 aromatic carbocycles. The molecule has 0 bridgehead atoms. The van der Waals surface area contributed by atoms with Crippen LogP contribution < -0.4 is 20.9 Å². The third-order valence-corrected chi connectivity index (χ3v) is 5.87. The van der Waals surface area contributed by atoms with E-state index in [1.54, 1.807) is 0 Å². The van der Waals surface area contributed by atoms with E-state index >= 15 is 0 Å². The average Bonchev–Trinajstić information content (AvgIpc) is 3.31. The monoisotopic (exact) mass is 456 g/mol. The standard InChI is InChI=1S/C18H22F2N6O4S/c19-13-7-11(25-10-12(9-21)30-18(25)28)8-14(20)15(13)24-2-3-26(29-5-4-24)17(27)23-16-22-1-6-31-16/h7-8,12H,1-6,9-10,21H2,(H,22,23,27)/t12-/m0/s1. The zero-order valence-corrected chi connectivity index (χ0v) is 17.4. The van der Waals surface area contributed by atoms with Crippen LogP contribution in [0.2, 0.25) is 0 Å². The number of benzene rings is 1. The number of thioether (sulfide) groups is 1. The molecule has 3 aliphatic rings. The van der Waals surface area contributed by atoms with Gasteiger partial charge in [0.2, 0.25) is 0 Å². The molecule has 0 unspecified atom stereocenters. The van der Waals surface area contributed by atoms with E-state index in [1.165, 1.54) is 16.7 Å². The van der Waals surface area contributed by atoms with Crippen LogP contribution in [0.3, 0.4) is 0 Å². The summed E-state index contributed by atoms with van der Waals surface area (Å²) in [5, 5.41) is 4.31. The molecule has 0 aliphatic carbocycles. The molecule has 1 aromatic rings. The second kappa shape index (κ2) is 9.24. The number of hydrogen-bond donors (Lipinski definition) is 2. The number of hydroxylamine groups is 2. The van der Waals surface area contributed by atoms with Gasteiger partial charge in [0.15, 0.2) is 16.8 Å². The van der Waals surface area contributed by atoms with E-state index in [0.717, 1.165) is 27.8 Å². The summed E-state index contributed by atoms with van der Waals surface area (Å²) >= 11 is 1.44. The Morgan fingerprint density at radius 1 is 1.29 bits per heavy atom. The van der Waals surface area contributed by atoms with Crippen LogP contribution in [0.4, 0.5) is 29.7 Å². The molecule has 10 nitrogen and oxygen atoms in total. The number of nitrogens with two attached hydrogens (primary N) is 1. The molecule has 13 heteroatoms. The largest absolute Gasteiger partial charge is 0.443 e. The van der Waals surface area contributed by atoms with Crippen molar-refractivity contribution in [2.24, 2.45) is 10.7 Å². The van der Waals surface area contributed by atoms with Crippen molar-refractivity contribution < 1.29 is 27.9 Å². The molecule has 2 fully saturated rings. The first kappa shape index (κ1) is 21.6. The third kappa shape index (κ3) is 4.67. The molecule has 1 atom stereocenters. The summed E-state index contributed by atoms with van der Waals surface area (Å²) in [5.41, 5.74) is 5.31. The van der Waals surface area contributed by atoms with E-state index in [9.17, 15) is 18.4 Å². The molecule has 0 radical (unpaired) electrons. The third-order valence-electron chi connectivity index (χ3n) is 4.97. The van der Waals surface area contributed by atoms with Gasteiger partial charge in [-0.3, -0.25) is 20.0 Å². The second-order valence-corrected chi connectivity index (χ2v) is 8.08. The highest BCUT2D eigenvalue weighted by atomic mass is 32.2. The number of nitrogens with zero attached hydrogens (tertiary/aromatic N) is 4. The minimum atomic E-state index is -0.825. The van der Waals surface area contributed by atoms with E-state index in [-0.39, 0.29) is 50.7 Å². The molecule has 31 heavy (non-hydrogen) atoms. The Morgan fingerprint density at radius 3 is 2.71 bits per heavy atom. The molecule has 3 amide bonds. The number of urea groups is 1. The van der Waals surface area contributed by atoms with Crippen molar-refractivity contribution in [1.82, 2.24) is 10.4 Å². The Morgan fingerprint density at radius 2 is 2.06 bits per heavy atom. The molecule has 2 saturated heterocycles. The van der Waals surface area contributed by atoms with Crippen LogP contribution >= 0.6 is 11.8 Å². The number of anilines is 2. The summed E-state index contributed by atoms with van der Waals surface area (Å²) in [4.78, 5) is 36.5. The zero-order chi connectivity index (χ0) is 22.0. The van der Waals surface area contributed by atoms with Crippen LogP contribution in [0.15, 0.2) is 17.1 Å². The maximum atomic E-state index is 14.9. The molecule has 3 heterocycles. The lowest BCUT2D eigenvalue weighted by Gasteiger charge is -2.24. The number of aliphatic imine (C=N–C) groups is 1. The number of cyclic esters (lactones) is 1. The minimum Gasteiger partial charge on any atom is -0.443 e. The van der Waals surface area contributed by atoms with Crippen LogP contribution in [0.5, 0.6) is 0 Å². The van der Waals surface area contributed by atoms with Crippen molar-refractivity contribution in [1.29, 1.82) is 0 Å². The first-order valence-corrected chi connectivity index (χ1v) is 10.8. The Balaban J connectivity index is 1.44. The topological polar surface area (TPSA) is 113 Å². The van der Waals surface area contributed by atoms with Gasteiger partial charge in [-0.1, -0.05) is 11.8 Å². The van der Waals surface area contributed by atoms with E-state index in [2.05, 4.69) is 10.3 Å². The predicted octanol–water partition coefficient (Wildman–Crippen LogP) is 1.11. The van der Waals surface area contributed by atoms with E-state index in [4.69, 9.17) is 15.3 Å². The van der Waals surface area contributed by atoms with Gasteiger partial charge < -0.3 is 15.4 Å². The first-order valence-electron chi connectivity index (χ1n) is 9.77. The van der Waals surface area contributed by atoms with Gasteiger partial charge in [0.1, 0.15) is 11.8 Å². The van der Waals surface area contributed by atoms with E-state index in [0.29, 0.717) is 11.7 Å². The van der Waals surface area contributed by atoms with Crippen LogP contribution in [0, 0.1) is 11.6 Å². The number of halogens is 2. The number of ether oxygens (including phenoxy) is 1. The smallest absolute Gasteiger partial charge is 0.414 e. The van der Waals surface area contributed by atoms with Gasteiger partial charge in [0.25, 0.3) is 0 Å². The SMILES string of the molecule is NC[C@H]1CN(c2cc(F)c(N3CCON(C(=O)NC4=NCCS4)CC3)c(F)c2)C(=O)O1. The summed E-state index contributed by atoms with van der Waals surface area (Å²) in [5.74, 6) is -0.844. The number of amidine groups is 1. The maximum absolute atomic E-state index is 14.9. The van der Waals surface area contributed by atoms with Gasteiger partial charge in [0.05, 0.1) is 31.9 Å². The fourth-order valence-corrected chi connectivity index (χ4v) is 4.18. The number of hydrogen-bond acceptors (Lipinski definition) is 8. The number of carbonyl (C=O) groups excluding carboxylic acids is 2. The molecular formula is C18H22F2N6O4S. The number of rotatable bonds is 3. The molecule has 0 saturated carbocycles. The summed E-state index contributed by atoms with van der Waals surface area (Å²) in [6.45, 7) is 1.37. The Bertz CT molecular complexity index is 881. The molecule has 0 aromatic heterocycles. The lowest BCUT2D eigenvalue weighted by atomic mass is 10.2. The lowest BCUT2D eigenvalue weighted by Crippen LogP contribution is -2.43. The van der Waals surface area contributed by atoms with Gasteiger partial charge >= 0.3 is 12.1 Å². The van der Waals surface area contributed by atoms with Crippen molar-refractivity contribution in [3.8, 4) is 0 Å². The molecule has 168 valence electrons. The quantitative estimate of drug-likeness (QED) is 0.701. The van der Waals surface area contributed by atoms with Crippen molar-refractivity contribution >= 4 is 40.4 Å². The highest BCUT2D eigenvalue weighted by Gasteiger charge is 2.33. The van der Waals surface area contributed by atoms with Crippen LogP contribution in [0.25, 0.3) is 0 Å². The van der Waals surface area contributed by atoms with Gasteiger partial charge in [-0.15, -0.1) is 0 Å². The van der Waals surface area contributed by atoms with Gasteiger partial charge in [-0.25, -0.2) is 23.4 Å². The fraction of sp³-hybridized carbons (Fsp3) is 0.500. The highest BCUT2D eigenvalue weighted by molar-refractivity contribution is 8.14. The molecule has 0 spiro atoms. The maximum Gasteiger partial charge on any atom is 0.414 e. The van der Waals surface area contributed by atoms with Gasteiger partial charge in [0, 0.05) is 37.5 Å². The molecular weight excluding hydrogens is 434 g/mol. The average molecular weight is 456 g/mol. The second-order valence-electron chi connectivity index (χ2n) is 7.00. The first-order chi connectivity index (χ1) is 15.0. The van der Waals surface area contributed by atoms with E-state index in [1.807, 2.05) is 0 Å². The van der Waals surface area contributed by atoms with Gasteiger partial charge in [-0.05, 0) is 0 Å². The van der Waals surface area contributed by atoms with Crippen molar-refractivity contribution in [3.63, 3.8) is 0 Å². The fourth-order valence-electron chi connectivity index (χ4n) is 3.46. The highest BCUT2D eigenvalue weighted by Crippen LogP contribution is 2.31. The number of nitrogens with one attached hydrogen (secondary N) is 1. The minimum absolute atomic E-state index is 0.0571. The summed E-state index contributed by atoms with van der Waals surface area (Å²) in [6, 6.07) is 1.70. The van der Waals surface area contributed by atoms with E-state index < -0.39 is 29.9 Å². The Hall–Kier alpha value is -2.64. The summed E-state index contributed by atoms with van der Waals surface area (Å²) in [7, 11) is 0. The molecule has 3 aliphatic heterocycles. The normalized spacial score (nSPS) is 21.8.